The number of hydrogen-bond donors (Lipinski definition) is 2. The quantitative estimate of drug-likeness (QED) is 0.335. The van der Waals surface area contributed by atoms with Crippen molar-refractivity contribution in [3.05, 3.63) is 81.4 Å². The van der Waals surface area contributed by atoms with E-state index in [-0.39, 0.29) is 12.1 Å². The zero-order chi connectivity index (χ0) is 28.3. The van der Waals surface area contributed by atoms with E-state index in [4.69, 9.17) is 9.97 Å². The number of likely N-dealkylation sites (N-methyl/N-ethyl adjacent to an activating group) is 1. The molecule has 212 valence electrons. The lowest BCUT2D eigenvalue weighted by Crippen LogP contribution is -2.30. The molecular weight excluding hydrogens is 514 g/mol. The molecule has 0 saturated heterocycles. The molecule has 9 nitrogen and oxygen atoms in total. The second-order valence-corrected chi connectivity index (χ2v) is 12.0. The minimum absolute atomic E-state index is 0.206. The number of aryl methyl sites for hydroxylation is 2. The number of benzene rings is 1. The minimum atomic E-state index is -0.960. The van der Waals surface area contributed by atoms with Crippen LogP contribution in [0.3, 0.4) is 0 Å². The van der Waals surface area contributed by atoms with Crippen LogP contribution in [0.1, 0.15) is 72.9 Å². The SMILES string of the molecule is C=CCn1c(=O)c2cnc(Nc3cc4c5c(c3)CN(C)CC5CCCC4)nc2n1-c1ccc2c(n1)C(O)(CC)CC2. The minimum Gasteiger partial charge on any atom is -0.384 e. The third kappa shape index (κ3) is 4.30. The van der Waals surface area contributed by atoms with Gasteiger partial charge in [0.15, 0.2) is 11.5 Å². The van der Waals surface area contributed by atoms with Gasteiger partial charge in [0.05, 0.1) is 12.2 Å². The number of anilines is 2. The second-order valence-electron chi connectivity index (χ2n) is 12.0. The first-order valence-corrected chi connectivity index (χ1v) is 14.8. The van der Waals surface area contributed by atoms with E-state index in [1.807, 2.05) is 19.1 Å². The van der Waals surface area contributed by atoms with Crippen molar-refractivity contribution < 1.29 is 5.11 Å². The Morgan fingerprint density at radius 2 is 2.02 bits per heavy atom. The molecule has 0 saturated carbocycles. The lowest BCUT2D eigenvalue weighted by atomic mass is 9.84. The molecule has 0 radical (unpaired) electrons. The molecule has 7 rings (SSSR count). The molecule has 3 aliphatic rings. The summed E-state index contributed by atoms with van der Waals surface area (Å²) in [6, 6.07) is 8.41. The van der Waals surface area contributed by atoms with E-state index in [0.29, 0.717) is 47.3 Å². The fourth-order valence-corrected chi connectivity index (χ4v) is 7.22. The molecule has 0 fully saturated rings. The fraction of sp³-hybridized carbons (Fsp3) is 0.438. The molecule has 1 aliphatic heterocycles. The molecule has 3 aromatic heterocycles. The van der Waals surface area contributed by atoms with Crippen LogP contribution >= 0.6 is 0 Å². The van der Waals surface area contributed by atoms with E-state index < -0.39 is 5.60 Å². The van der Waals surface area contributed by atoms with Crippen molar-refractivity contribution in [2.24, 2.45) is 0 Å². The van der Waals surface area contributed by atoms with E-state index in [9.17, 15) is 9.90 Å². The van der Waals surface area contributed by atoms with Gasteiger partial charge in [0, 0.05) is 25.0 Å². The zero-order valence-corrected chi connectivity index (χ0v) is 23.9. The average molecular weight is 552 g/mol. The molecule has 2 atom stereocenters. The van der Waals surface area contributed by atoms with Gasteiger partial charge in [-0.2, -0.15) is 4.98 Å². The molecule has 2 unspecified atom stereocenters. The van der Waals surface area contributed by atoms with Crippen LogP contribution in [0.15, 0.2) is 47.9 Å². The van der Waals surface area contributed by atoms with Crippen LogP contribution in [0.25, 0.3) is 16.9 Å². The van der Waals surface area contributed by atoms with E-state index >= 15 is 0 Å². The normalized spacial score (nSPS) is 21.9. The number of nitrogens with one attached hydrogen (secondary N) is 1. The van der Waals surface area contributed by atoms with Crippen molar-refractivity contribution in [2.75, 3.05) is 18.9 Å². The van der Waals surface area contributed by atoms with Gasteiger partial charge < -0.3 is 15.3 Å². The average Bonchev–Trinajstić information content (AvgIpc) is 3.34. The van der Waals surface area contributed by atoms with Crippen LogP contribution in [0.4, 0.5) is 11.6 Å². The Hall–Kier alpha value is -3.82. The summed E-state index contributed by atoms with van der Waals surface area (Å²) < 4.78 is 3.31. The summed E-state index contributed by atoms with van der Waals surface area (Å²) in [5.74, 6) is 1.57. The van der Waals surface area contributed by atoms with Crippen molar-refractivity contribution in [1.82, 2.24) is 29.2 Å². The number of fused-ring (bicyclic) bond motifs is 2. The first-order valence-electron chi connectivity index (χ1n) is 14.8. The molecule has 4 heterocycles. The monoisotopic (exact) mass is 551 g/mol. The summed E-state index contributed by atoms with van der Waals surface area (Å²) in [6.45, 7) is 8.18. The van der Waals surface area contributed by atoms with E-state index in [0.717, 1.165) is 37.2 Å². The van der Waals surface area contributed by atoms with Gasteiger partial charge in [0.25, 0.3) is 5.56 Å². The highest BCUT2D eigenvalue weighted by molar-refractivity contribution is 5.77. The maximum atomic E-state index is 13.5. The topological polar surface area (TPSA) is 101 Å². The first-order chi connectivity index (χ1) is 19.9. The lowest BCUT2D eigenvalue weighted by Gasteiger charge is -2.33. The summed E-state index contributed by atoms with van der Waals surface area (Å²) in [4.78, 5) is 30.2. The molecule has 41 heavy (non-hydrogen) atoms. The molecule has 0 bridgehead atoms. The van der Waals surface area contributed by atoms with Crippen molar-refractivity contribution in [3.8, 4) is 5.82 Å². The number of aliphatic hydroxyl groups is 1. The van der Waals surface area contributed by atoms with Gasteiger partial charge in [0.2, 0.25) is 5.95 Å². The number of hydrogen-bond acceptors (Lipinski definition) is 7. The number of pyridine rings is 1. The van der Waals surface area contributed by atoms with Crippen molar-refractivity contribution >= 4 is 22.7 Å². The summed E-state index contributed by atoms with van der Waals surface area (Å²) in [5, 5.41) is 15.1. The second kappa shape index (κ2) is 9.92. The number of nitrogens with zero attached hydrogens (tertiary/aromatic N) is 6. The molecule has 1 aromatic carbocycles. The summed E-state index contributed by atoms with van der Waals surface area (Å²) >= 11 is 0. The van der Waals surface area contributed by atoms with Gasteiger partial charge in [-0.1, -0.05) is 25.5 Å². The first kappa shape index (κ1) is 26.1. The van der Waals surface area contributed by atoms with Crippen LogP contribution in [0.2, 0.25) is 0 Å². The maximum absolute atomic E-state index is 13.5. The van der Waals surface area contributed by atoms with Crippen LogP contribution in [0.5, 0.6) is 0 Å². The standard InChI is InChI=1S/C32H37N7O2/c1-4-14-38-30(40)25-17-33-31(34-24-15-21-8-6-7-9-22-18-37(3)19-23(16-24)27(21)22)36-29(25)39(38)26-11-10-20-12-13-32(41,5-2)28(20)35-26/h4,10-11,15-17,22,41H,1,5-9,12-14,18-19H2,2-3H3,(H,33,34,36). The van der Waals surface area contributed by atoms with E-state index in [2.05, 4.69) is 41.0 Å². The molecule has 9 heteroatoms. The Labute approximate surface area is 239 Å². The van der Waals surface area contributed by atoms with Crippen LogP contribution in [-0.4, -0.2) is 47.9 Å². The number of allylic oxidation sites excluding steroid dienone is 1. The molecule has 0 amide bonds. The molecule has 2 aliphatic carbocycles. The smallest absolute Gasteiger partial charge is 0.278 e. The van der Waals surface area contributed by atoms with Crippen LogP contribution < -0.4 is 10.9 Å². The largest absolute Gasteiger partial charge is 0.384 e. The number of aromatic nitrogens is 5. The fourth-order valence-electron chi connectivity index (χ4n) is 7.22. The molecule has 0 spiro atoms. The van der Waals surface area contributed by atoms with Crippen molar-refractivity contribution in [2.45, 2.75) is 76.5 Å². The Morgan fingerprint density at radius 3 is 2.85 bits per heavy atom. The van der Waals surface area contributed by atoms with Gasteiger partial charge in [0.1, 0.15) is 11.0 Å². The third-order valence-electron chi connectivity index (χ3n) is 9.23. The predicted molar refractivity (Wildman–Crippen MR) is 160 cm³/mol. The third-order valence-corrected chi connectivity index (χ3v) is 9.23. The molecular formula is C32H37N7O2. The highest BCUT2D eigenvalue weighted by atomic mass is 16.3. The Bertz CT molecular complexity index is 1740. The molecule has 4 aromatic rings. The zero-order valence-electron chi connectivity index (χ0n) is 23.9. The summed E-state index contributed by atoms with van der Waals surface area (Å²) in [5.41, 5.74) is 6.37. The van der Waals surface area contributed by atoms with E-state index in [1.54, 1.807) is 27.2 Å². The van der Waals surface area contributed by atoms with E-state index in [1.165, 1.54) is 30.4 Å². The van der Waals surface area contributed by atoms with Gasteiger partial charge in [-0.25, -0.2) is 19.3 Å². The van der Waals surface area contributed by atoms with Gasteiger partial charge in [-0.3, -0.25) is 4.79 Å². The van der Waals surface area contributed by atoms with Crippen LogP contribution in [-0.2, 0) is 31.5 Å². The number of rotatable bonds is 6. The van der Waals surface area contributed by atoms with Crippen LogP contribution in [0, 0.1) is 0 Å². The highest BCUT2D eigenvalue weighted by Gasteiger charge is 2.37. The Balaban J connectivity index is 1.33. The maximum Gasteiger partial charge on any atom is 0.278 e. The summed E-state index contributed by atoms with van der Waals surface area (Å²) in [7, 11) is 2.20. The van der Waals surface area contributed by atoms with Gasteiger partial charge >= 0.3 is 0 Å². The van der Waals surface area contributed by atoms with Crippen molar-refractivity contribution in [3.63, 3.8) is 0 Å². The summed E-state index contributed by atoms with van der Waals surface area (Å²) in [6.07, 6.45) is 10.1. The lowest BCUT2D eigenvalue weighted by molar-refractivity contribution is 0.0306. The van der Waals surface area contributed by atoms with Crippen molar-refractivity contribution in [1.29, 1.82) is 0 Å². The predicted octanol–water partition coefficient (Wildman–Crippen LogP) is 4.71. The Kier molecular flexibility index (Phi) is 6.32. The van der Waals surface area contributed by atoms with Gasteiger partial charge in [-0.05, 0) is 91.9 Å². The molecule has 2 N–H and O–H groups in total. The highest BCUT2D eigenvalue weighted by Crippen LogP contribution is 2.40. The Morgan fingerprint density at radius 1 is 1.17 bits per heavy atom. The van der Waals surface area contributed by atoms with Gasteiger partial charge in [-0.15, -0.1) is 6.58 Å².